The zero-order chi connectivity index (χ0) is 15.9. The van der Waals surface area contributed by atoms with E-state index in [1.54, 1.807) is 42.5 Å². The van der Waals surface area contributed by atoms with Gasteiger partial charge in [0.05, 0.1) is 4.90 Å². The Morgan fingerprint density at radius 3 is 2.18 bits per heavy atom. The number of hydrogen-bond acceptors (Lipinski definition) is 4. The van der Waals surface area contributed by atoms with Gasteiger partial charge in [-0.05, 0) is 24.6 Å². The topological polar surface area (TPSA) is 80.3 Å². The summed E-state index contributed by atoms with van der Waals surface area (Å²) >= 11 is 0. The molecular weight excluding hydrogens is 304 g/mol. The van der Waals surface area contributed by atoms with Crippen LogP contribution in [0, 0.1) is 17.0 Å². The van der Waals surface area contributed by atoms with E-state index >= 15 is 0 Å². The van der Waals surface area contributed by atoms with Gasteiger partial charge in [-0.15, -0.1) is 4.31 Å². The van der Waals surface area contributed by atoms with Crippen LogP contribution in [0.1, 0.15) is 17.2 Å². The Bertz CT molecular complexity index is 803. The minimum atomic E-state index is -3.88. The molecule has 3 rings (SSSR count). The van der Waals surface area contributed by atoms with E-state index in [1.165, 1.54) is 12.1 Å². The summed E-state index contributed by atoms with van der Waals surface area (Å²) in [5.41, 5.74) is 1.55. The molecule has 1 saturated heterocycles. The molecule has 0 amide bonds. The molecule has 1 heterocycles. The Morgan fingerprint density at radius 1 is 1.05 bits per heavy atom. The van der Waals surface area contributed by atoms with Gasteiger partial charge in [-0.3, -0.25) is 10.1 Å². The third-order valence-corrected chi connectivity index (χ3v) is 5.55. The number of hydrogen-bond donors (Lipinski definition) is 0. The lowest BCUT2D eigenvalue weighted by atomic mass is 10.1. The second kappa shape index (κ2) is 5.19. The minimum absolute atomic E-state index is 0.0726. The standard InChI is InChI=1S/C15H14N2O4S/c1-11-7-9-13(10-8-11)22(20,21)16-14(15(16)17(18)19)12-5-3-2-4-6-12/h2-10,14-15H,1H3/t14-,15+,16?/m1/s1. The zero-order valence-corrected chi connectivity index (χ0v) is 12.6. The maximum Gasteiger partial charge on any atom is 0.302 e. The van der Waals surface area contributed by atoms with Gasteiger partial charge in [0.2, 0.25) is 10.0 Å². The predicted molar refractivity (Wildman–Crippen MR) is 80.2 cm³/mol. The van der Waals surface area contributed by atoms with Gasteiger partial charge in [-0.25, -0.2) is 8.42 Å². The van der Waals surface area contributed by atoms with Crippen LogP contribution >= 0.6 is 0 Å². The van der Waals surface area contributed by atoms with Crippen molar-refractivity contribution in [3.05, 3.63) is 75.8 Å². The third-order valence-electron chi connectivity index (χ3n) is 3.68. The normalized spacial score (nSPS) is 24.0. The summed E-state index contributed by atoms with van der Waals surface area (Å²) in [5, 5.41) is 11.2. The van der Waals surface area contributed by atoms with E-state index in [-0.39, 0.29) is 4.90 Å². The molecule has 0 saturated carbocycles. The van der Waals surface area contributed by atoms with Crippen molar-refractivity contribution in [1.82, 2.24) is 4.31 Å². The maximum atomic E-state index is 12.6. The lowest BCUT2D eigenvalue weighted by Crippen LogP contribution is -2.18. The van der Waals surface area contributed by atoms with Crippen molar-refractivity contribution < 1.29 is 13.3 Å². The van der Waals surface area contributed by atoms with Gasteiger partial charge in [0.25, 0.3) is 0 Å². The van der Waals surface area contributed by atoms with E-state index < -0.39 is 27.2 Å². The first-order valence-corrected chi connectivity index (χ1v) is 8.15. The van der Waals surface area contributed by atoms with Crippen LogP contribution in [0.15, 0.2) is 59.5 Å². The Labute approximate surface area is 128 Å². The molecule has 0 aromatic heterocycles. The molecule has 0 spiro atoms. The molecule has 114 valence electrons. The second-order valence-corrected chi connectivity index (χ2v) is 7.05. The number of sulfonamides is 1. The molecule has 1 fully saturated rings. The van der Waals surface area contributed by atoms with E-state index in [9.17, 15) is 18.5 Å². The molecule has 1 aliphatic rings. The van der Waals surface area contributed by atoms with Crippen LogP contribution < -0.4 is 0 Å². The van der Waals surface area contributed by atoms with Gasteiger partial charge >= 0.3 is 6.17 Å². The molecule has 2 aromatic rings. The molecule has 0 bridgehead atoms. The van der Waals surface area contributed by atoms with Crippen LogP contribution in [-0.2, 0) is 10.0 Å². The van der Waals surface area contributed by atoms with Crippen LogP contribution in [0.2, 0.25) is 0 Å². The maximum absolute atomic E-state index is 12.6. The predicted octanol–water partition coefficient (Wildman–Crippen LogP) is 2.34. The molecule has 1 unspecified atom stereocenters. The highest BCUT2D eigenvalue weighted by Gasteiger charge is 2.65. The number of nitro groups is 1. The van der Waals surface area contributed by atoms with E-state index in [4.69, 9.17) is 0 Å². The summed E-state index contributed by atoms with van der Waals surface area (Å²) in [5.74, 6) is 0. The smallest absolute Gasteiger partial charge is 0.263 e. The van der Waals surface area contributed by atoms with Crippen molar-refractivity contribution in [3.63, 3.8) is 0 Å². The summed E-state index contributed by atoms with van der Waals surface area (Å²) in [6.07, 6.45) is -1.24. The molecule has 0 aliphatic carbocycles. The Balaban J connectivity index is 1.99. The van der Waals surface area contributed by atoms with Crippen LogP contribution in [-0.4, -0.2) is 23.8 Å². The third kappa shape index (κ3) is 2.38. The highest BCUT2D eigenvalue weighted by Crippen LogP contribution is 2.47. The lowest BCUT2D eigenvalue weighted by Gasteiger charge is -2.05. The number of aryl methyl sites for hydroxylation is 1. The summed E-state index contributed by atoms with van der Waals surface area (Å²) < 4.78 is 26.2. The van der Waals surface area contributed by atoms with Gasteiger partial charge in [-0.2, -0.15) is 0 Å². The van der Waals surface area contributed by atoms with Gasteiger partial charge in [-0.1, -0.05) is 48.0 Å². The highest BCUT2D eigenvalue weighted by molar-refractivity contribution is 7.89. The largest absolute Gasteiger partial charge is 0.302 e. The van der Waals surface area contributed by atoms with Crippen molar-refractivity contribution in [2.24, 2.45) is 0 Å². The molecule has 1 aliphatic heterocycles. The molecule has 7 heteroatoms. The number of benzene rings is 2. The van der Waals surface area contributed by atoms with Gasteiger partial charge < -0.3 is 0 Å². The molecule has 2 aromatic carbocycles. The highest BCUT2D eigenvalue weighted by atomic mass is 32.2. The molecule has 3 atom stereocenters. The zero-order valence-electron chi connectivity index (χ0n) is 11.8. The summed E-state index contributed by atoms with van der Waals surface area (Å²) in [6, 6.07) is 14.2. The second-order valence-electron chi connectivity index (χ2n) is 5.20. The van der Waals surface area contributed by atoms with Crippen LogP contribution in [0.25, 0.3) is 0 Å². The first-order chi connectivity index (χ1) is 10.4. The van der Waals surface area contributed by atoms with Gasteiger partial charge in [0.15, 0.2) is 0 Å². The average Bonchev–Trinajstić information content (AvgIpc) is 3.25. The lowest BCUT2D eigenvalue weighted by molar-refractivity contribution is -0.503. The van der Waals surface area contributed by atoms with Crippen molar-refractivity contribution in [3.8, 4) is 0 Å². The number of nitrogens with zero attached hydrogens (tertiary/aromatic N) is 2. The van der Waals surface area contributed by atoms with Crippen molar-refractivity contribution >= 4 is 10.0 Å². The monoisotopic (exact) mass is 318 g/mol. The van der Waals surface area contributed by atoms with Crippen molar-refractivity contribution in [2.75, 3.05) is 0 Å². The fourth-order valence-corrected chi connectivity index (χ4v) is 4.18. The molecular formula is C15H14N2O4S. The van der Waals surface area contributed by atoms with Gasteiger partial charge in [0, 0.05) is 4.92 Å². The number of rotatable bonds is 4. The van der Waals surface area contributed by atoms with Crippen LogP contribution in [0.4, 0.5) is 0 Å². The quantitative estimate of drug-likeness (QED) is 0.492. The first-order valence-electron chi connectivity index (χ1n) is 6.71. The summed E-state index contributed by atoms with van der Waals surface area (Å²) in [7, 11) is -3.88. The van der Waals surface area contributed by atoms with E-state index in [0.29, 0.717) is 5.56 Å². The summed E-state index contributed by atoms with van der Waals surface area (Å²) in [6.45, 7) is 1.85. The fraction of sp³-hybridized carbons (Fsp3) is 0.200. The average molecular weight is 318 g/mol. The Kier molecular flexibility index (Phi) is 3.46. The fourth-order valence-electron chi connectivity index (χ4n) is 2.50. The Morgan fingerprint density at radius 2 is 1.64 bits per heavy atom. The Hall–Kier alpha value is -2.25. The molecule has 6 nitrogen and oxygen atoms in total. The minimum Gasteiger partial charge on any atom is -0.263 e. The summed E-state index contributed by atoms with van der Waals surface area (Å²) in [4.78, 5) is 10.7. The molecule has 22 heavy (non-hydrogen) atoms. The first kappa shape index (κ1) is 14.7. The SMILES string of the molecule is Cc1ccc(S(=O)(=O)N2[C@H](c3ccccc3)[C@@H]2[N+](=O)[O-])cc1. The van der Waals surface area contributed by atoms with Crippen molar-refractivity contribution in [1.29, 1.82) is 0 Å². The van der Waals surface area contributed by atoms with Crippen molar-refractivity contribution in [2.45, 2.75) is 24.0 Å². The van der Waals surface area contributed by atoms with E-state index in [2.05, 4.69) is 0 Å². The van der Waals surface area contributed by atoms with Crippen LogP contribution in [0.3, 0.4) is 0 Å². The van der Waals surface area contributed by atoms with E-state index in [0.717, 1.165) is 9.87 Å². The van der Waals surface area contributed by atoms with E-state index in [1.807, 2.05) is 6.92 Å². The molecule has 0 radical (unpaired) electrons. The van der Waals surface area contributed by atoms with Crippen LogP contribution in [0.5, 0.6) is 0 Å². The molecule has 0 N–H and O–H groups in total. The van der Waals surface area contributed by atoms with Gasteiger partial charge in [0.1, 0.15) is 6.04 Å².